The van der Waals surface area contributed by atoms with Gasteiger partial charge in [0.2, 0.25) is 0 Å². The van der Waals surface area contributed by atoms with Crippen LogP contribution in [0.1, 0.15) is 49.9 Å². The first-order valence-electron chi connectivity index (χ1n) is 9.95. The van der Waals surface area contributed by atoms with Gasteiger partial charge in [-0.3, -0.25) is 4.79 Å². The summed E-state index contributed by atoms with van der Waals surface area (Å²) in [6.07, 6.45) is 0. The standard InChI is InChI=1S/C23H29N3O3/c1-14(2)13-29-19-11-10-16(12-20(19)28-5)23(27)26-21(15(3)4)22-24-17-8-6-7-9-18(17)25-22/h6-12,14-15,21H,13H2,1-5H3,(H,24,25)(H,26,27). The molecular formula is C23H29N3O3. The number of nitrogens with zero attached hydrogens (tertiary/aromatic N) is 1. The second kappa shape index (κ2) is 8.99. The number of H-pyrrole nitrogens is 1. The molecule has 6 nitrogen and oxygen atoms in total. The zero-order valence-electron chi connectivity index (χ0n) is 17.7. The lowest BCUT2D eigenvalue weighted by atomic mass is 10.0. The molecule has 1 unspecified atom stereocenters. The quantitative estimate of drug-likeness (QED) is 0.578. The Kier molecular flexibility index (Phi) is 6.42. The van der Waals surface area contributed by atoms with Gasteiger partial charge in [0.15, 0.2) is 11.5 Å². The van der Waals surface area contributed by atoms with Crippen molar-refractivity contribution in [2.45, 2.75) is 33.7 Å². The molecule has 1 aromatic heterocycles. The molecule has 3 aromatic rings. The summed E-state index contributed by atoms with van der Waals surface area (Å²) >= 11 is 0. The molecule has 3 rings (SSSR count). The van der Waals surface area contributed by atoms with E-state index < -0.39 is 0 Å². The SMILES string of the molecule is COc1cc(C(=O)NC(c2nc3ccccc3[nH]2)C(C)C)ccc1OCC(C)C. The van der Waals surface area contributed by atoms with Crippen molar-refractivity contribution in [1.29, 1.82) is 0 Å². The third kappa shape index (κ3) is 4.88. The number of aromatic amines is 1. The normalized spacial score (nSPS) is 12.4. The van der Waals surface area contributed by atoms with Gasteiger partial charge in [0, 0.05) is 5.56 Å². The van der Waals surface area contributed by atoms with Gasteiger partial charge in [-0.15, -0.1) is 0 Å². The number of methoxy groups -OCH3 is 1. The smallest absolute Gasteiger partial charge is 0.252 e. The molecule has 2 N–H and O–H groups in total. The Morgan fingerprint density at radius 1 is 1.10 bits per heavy atom. The average molecular weight is 396 g/mol. The van der Waals surface area contributed by atoms with Crippen molar-refractivity contribution in [1.82, 2.24) is 15.3 Å². The molecule has 0 aliphatic rings. The summed E-state index contributed by atoms with van der Waals surface area (Å²) in [4.78, 5) is 20.9. The fourth-order valence-corrected chi connectivity index (χ4v) is 3.08. The van der Waals surface area contributed by atoms with E-state index in [1.165, 1.54) is 0 Å². The van der Waals surface area contributed by atoms with Crippen LogP contribution in [-0.2, 0) is 0 Å². The molecule has 154 valence electrons. The number of hydrogen-bond donors (Lipinski definition) is 2. The van der Waals surface area contributed by atoms with Crippen LogP contribution in [0.2, 0.25) is 0 Å². The second-order valence-electron chi connectivity index (χ2n) is 7.90. The number of fused-ring (bicyclic) bond motifs is 1. The zero-order valence-corrected chi connectivity index (χ0v) is 17.7. The lowest BCUT2D eigenvalue weighted by Crippen LogP contribution is -2.32. The first kappa shape index (κ1) is 20.7. The van der Waals surface area contributed by atoms with Crippen molar-refractivity contribution in [3.05, 3.63) is 53.9 Å². The van der Waals surface area contributed by atoms with E-state index in [0.717, 1.165) is 16.9 Å². The molecule has 2 aromatic carbocycles. The van der Waals surface area contributed by atoms with E-state index in [1.54, 1.807) is 25.3 Å². The second-order valence-corrected chi connectivity index (χ2v) is 7.90. The van der Waals surface area contributed by atoms with Gasteiger partial charge in [-0.2, -0.15) is 0 Å². The molecule has 0 saturated carbocycles. The Labute approximate surface area is 171 Å². The molecule has 0 saturated heterocycles. The third-order valence-electron chi connectivity index (χ3n) is 4.65. The van der Waals surface area contributed by atoms with Gasteiger partial charge in [0.05, 0.1) is 30.8 Å². The number of carbonyl (C=O) groups excluding carboxylic acids is 1. The van der Waals surface area contributed by atoms with Crippen molar-refractivity contribution in [3.63, 3.8) is 0 Å². The van der Waals surface area contributed by atoms with Gasteiger partial charge in [-0.1, -0.05) is 39.8 Å². The highest BCUT2D eigenvalue weighted by molar-refractivity contribution is 5.95. The van der Waals surface area contributed by atoms with Crippen molar-refractivity contribution < 1.29 is 14.3 Å². The summed E-state index contributed by atoms with van der Waals surface area (Å²) in [5.74, 6) is 2.31. The fraction of sp³-hybridized carbons (Fsp3) is 0.391. The maximum Gasteiger partial charge on any atom is 0.252 e. The average Bonchev–Trinajstić information content (AvgIpc) is 3.13. The largest absolute Gasteiger partial charge is 0.493 e. The van der Waals surface area contributed by atoms with E-state index in [4.69, 9.17) is 9.47 Å². The maximum absolute atomic E-state index is 12.9. The van der Waals surface area contributed by atoms with Gasteiger partial charge < -0.3 is 19.8 Å². The Morgan fingerprint density at radius 2 is 1.86 bits per heavy atom. The number of hydrogen-bond acceptors (Lipinski definition) is 4. The van der Waals surface area contributed by atoms with E-state index in [2.05, 4.69) is 43.0 Å². The maximum atomic E-state index is 12.9. The molecular weight excluding hydrogens is 366 g/mol. The van der Waals surface area contributed by atoms with Gasteiger partial charge in [-0.05, 0) is 42.2 Å². The van der Waals surface area contributed by atoms with Gasteiger partial charge in [-0.25, -0.2) is 4.98 Å². The molecule has 1 amide bonds. The zero-order chi connectivity index (χ0) is 21.0. The van der Waals surface area contributed by atoms with Crippen molar-refractivity contribution >= 4 is 16.9 Å². The number of nitrogens with one attached hydrogen (secondary N) is 2. The number of carbonyl (C=O) groups is 1. The topological polar surface area (TPSA) is 76.2 Å². The van der Waals surface area contributed by atoms with Crippen LogP contribution < -0.4 is 14.8 Å². The minimum atomic E-state index is -0.238. The van der Waals surface area contributed by atoms with E-state index in [-0.39, 0.29) is 17.9 Å². The molecule has 0 bridgehead atoms. The molecule has 1 atom stereocenters. The first-order chi connectivity index (χ1) is 13.9. The van der Waals surface area contributed by atoms with Gasteiger partial charge >= 0.3 is 0 Å². The Balaban J connectivity index is 1.81. The summed E-state index contributed by atoms with van der Waals surface area (Å²) in [5, 5.41) is 3.10. The lowest BCUT2D eigenvalue weighted by molar-refractivity contribution is 0.0923. The monoisotopic (exact) mass is 395 g/mol. The minimum absolute atomic E-state index is 0.162. The predicted octanol–water partition coefficient (Wildman–Crippen LogP) is 4.73. The van der Waals surface area contributed by atoms with E-state index >= 15 is 0 Å². The molecule has 0 aliphatic heterocycles. The first-order valence-corrected chi connectivity index (χ1v) is 9.95. The highest BCUT2D eigenvalue weighted by atomic mass is 16.5. The fourth-order valence-electron chi connectivity index (χ4n) is 3.08. The molecule has 0 spiro atoms. The van der Waals surface area contributed by atoms with Crippen molar-refractivity contribution in [2.75, 3.05) is 13.7 Å². The van der Waals surface area contributed by atoms with Crippen molar-refractivity contribution in [3.8, 4) is 11.5 Å². The van der Waals surface area contributed by atoms with Crippen LogP contribution in [0.3, 0.4) is 0 Å². The number of benzene rings is 2. The molecule has 0 aliphatic carbocycles. The van der Waals surface area contributed by atoms with Crippen LogP contribution >= 0.6 is 0 Å². The van der Waals surface area contributed by atoms with E-state index in [1.807, 2.05) is 24.3 Å². The molecule has 6 heteroatoms. The van der Waals surface area contributed by atoms with E-state index in [0.29, 0.717) is 29.6 Å². The summed E-state index contributed by atoms with van der Waals surface area (Å²) in [6, 6.07) is 12.8. The van der Waals surface area contributed by atoms with Crippen molar-refractivity contribution in [2.24, 2.45) is 11.8 Å². The van der Waals surface area contributed by atoms with Crippen LogP contribution in [0.15, 0.2) is 42.5 Å². The minimum Gasteiger partial charge on any atom is -0.493 e. The molecule has 0 fully saturated rings. The Bertz CT molecular complexity index is 945. The van der Waals surface area contributed by atoms with Gasteiger partial charge in [0.1, 0.15) is 5.82 Å². The van der Waals surface area contributed by atoms with Crippen LogP contribution in [0.5, 0.6) is 11.5 Å². The highest BCUT2D eigenvalue weighted by Gasteiger charge is 2.23. The summed E-state index contributed by atoms with van der Waals surface area (Å²) in [7, 11) is 1.57. The Morgan fingerprint density at radius 3 is 2.52 bits per heavy atom. The van der Waals surface area contributed by atoms with Crippen LogP contribution in [0, 0.1) is 11.8 Å². The number of imidazole rings is 1. The third-order valence-corrected chi connectivity index (χ3v) is 4.65. The molecule has 1 heterocycles. The van der Waals surface area contributed by atoms with Gasteiger partial charge in [0.25, 0.3) is 5.91 Å². The number of rotatable bonds is 8. The van der Waals surface area contributed by atoms with Crippen LogP contribution in [0.4, 0.5) is 0 Å². The summed E-state index contributed by atoms with van der Waals surface area (Å²) in [6.45, 7) is 8.86. The number of aromatic nitrogens is 2. The highest BCUT2D eigenvalue weighted by Crippen LogP contribution is 2.29. The molecule has 0 radical (unpaired) electrons. The van der Waals surface area contributed by atoms with Crippen LogP contribution in [-0.4, -0.2) is 29.6 Å². The Hall–Kier alpha value is -3.02. The summed E-state index contributed by atoms with van der Waals surface area (Å²) in [5.41, 5.74) is 2.35. The number of amides is 1. The predicted molar refractivity (Wildman–Crippen MR) is 114 cm³/mol. The summed E-state index contributed by atoms with van der Waals surface area (Å²) < 4.78 is 11.2. The van der Waals surface area contributed by atoms with E-state index in [9.17, 15) is 4.79 Å². The number of ether oxygens (including phenoxy) is 2. The lowest BCUT2D eigenvalue weighted by Gasteiger charge is -2.21. The molecule has 29 heavy (non-hydrogen) atoms. The number of para-hydroxylation sites is 2. The van der Waals surface area contributed by atoms with Crippen LogP contribution in [0.25, 0.3) is 11.0 Å².